The van der Waals surface area contributed by atoms with Crippen molar-refractivity contribution in [3.05, 3.63) is 33.3 Å². The quantitative estimate of drug-likeness (QED) is 0.624. The molecule has 0 heterocycles. The normalized spacial score (nSPS) is 9.62. The SMILES string of the molecule is COC(=O)Cc1c(C#N)ccc(CBr)c1Br. The van der Waals surface area contributed by atoms with Crippen molar-refractivity contribution < 1.29 is 9.53 Å². The highest BCUT2D eigenvalue weighted by molar-refractivity contribution is 9.10. The molecule has 0 aliphatic heterocycles. The van der Waals surface area contributed by atoms with Crippen molar-refractivity contribution in [1.82, 2.24) is 0 Å². The molecule has 0 saturated carbocycles. The Morgan fingerprint density at radius 3 is 2.75 bits per heavy atom. The number of carbonyl (C=O) groups is 1. The second-order valence-corrected chi connectivity index (χ2v) is 4.42. The summed E-state index contributed by atoms with van der Waals surface area (Å²) in [6.07, 6.45) is 0.0980. The van der Waals surface area contributed by atoms with E-state index in [0.29, 0.717) is 16.5 Å². The average Bonchev–Trinajstić information content (AvgIpc) is 2.31. The van der Waals surface area contributed by atoms with Crippen LogP contribution in [0.2, 0.25) is 0 Å². The number of methoxy groups -OCH3 is 1. The molecule has 0 unspecified atom stereocenters. The third kappa shape index (κ3) is 2.83. The summed E-state index contributed by atoms with van der Waals surface area (Å²) in [6, 6.07) is 5.62. The fourth-order valence-corrected chi connectivity index (χ4v) is 2.74. The van der Waals surface area contributed by atoms with E-state index in [9.17, 15) is 4.79 Å². The Bertz CT molecular complexity index is 452. The number of nitriles is 1. The minimum Gasteiger partial charge on any atom is -0.469 e. The molecule has 0 atom stereocenters. The van der Waals surface area contributed by atoms with Crippen molar-refractivity contribution in [2.45, 2.75) is 11.8 Å². The number of hydrogen-bond acceptors (Lipinski definition) is 3. The summed E-state index contributed by atoms with van der Waals surface area (Å²) in [6.45, 7) is 0. The number of carbonyl (C=O) groups excluding carboxylic acids is 1. The average molecular weight is 347 g/mol. The largest absolute Gasteiger partial charge is 0.469 e. The van der Waals surface area contributed by atoms with Gasteiger partial charge in [0.2, 0.25) is 0 Å². The maximum absolute atomic E-state index is 11.2. The molecule has 3 nitrogen and oxygen atoms in total. The first kappa shape index (κ1) is 13.2. The van der Waals surface area contributed by atoms with Crippen LogP contribution in [0.3, 0.4) is 0 Å². The lowest BCUT2D eigenvalue weighted by molar-refractivity contribution is -0.139. The number of esters is 1. The first-order chi connectivity index (χ1) is 7.63. The van der Waals surface area contributed by atoms with E-state index in [1.54, 1.807) is 6.07 Å². The van der Waals surface area contributed by atoms with Crippen LogP contribution in [-0.2, 0) is 21.3 Å². The molecule has 84 valence electrons. The van der Waals surface area contributed by atoms with Crippen molar-refractivity contribution in [1.29, 1.82) is 5.26 Å². The lowest BCUT2D eigenvalue weighted by Gasteiger charge is -2.09. The van der Waals surface area contributed by atoms with Gasteiger partial charge in [-0.1, -0.05) is 37.9 Å². The zero-order chi connectivity index (χ0) is 12.1. The highest BCUT2D eigenvalue weighted by Gasteiger charge is 2.14. The predicted octanol–water partition coefficient (Wildman–Crippen LogP) is 2.93. The van der Waals surface area contributed by atoms with E-state index in [1.807, 2.05) is 6.07 Å². The van der Waals surface area contributed by atoms with Crippen molar-refractivity contribution in [2.24, 2.45) is 0 Å². The Morgan fingerprint density at radius 2 is 2.25 bits per heavy atom. The van der Waals surface area contributed by atoms with Gasteiger partial charge in [0.1, 0.15) is 0 Å². The summed E-state index contributed by atoms with van der Waals surface area (Å²) in [5.74, 6) is -0.357. The fraction of sp³-hybridized carbons (Fsp3) is 0.273. The topological polar surface area (TPSA) is 50.1 Å². The van der Waals surface area contributed by atoms with Crippen molar-refractivity contribution in [3.8, 4) is 6.07 Å². The summed E-state index contributed by atoms with van der Waals surface area (Å²) >= 11 is 6.75. The molecule has 0 aliphatic carbocycles. The van der Waals surface area contributed by atoms with Gasteiger partial charge < -0.3 is 4.74 Å². The molecule has 0 amide bonds. The highest BCUT2D eigenvalue weighted by atomic mass is 79.9. The van der Waals surface area contributed by atoms with E-state index in [0.717, 1.165) is 10.0 Å². The minimum absolute atomic E-state index is 0.0980. The molecule has 16 heavy (non-hydrogen) atoms. The second kappa shape index (κ2) is 6.02. The molecule has 0 aromatic heterocycles. The van der Waals surface area contributed by atoms with E-state index in [2.05, 4.69) is 42.7 Å². The Morgan fingerprint density at radius 1 is 1.56 bits per heavy atom. The zero-order valence-corrected chi connectivity index (χ0v) is 11.8. The summed E-state index contributed by atoms with van der Waals surface area (Å²) < 4.78 is 5.39. The maximum atomic E-state index is 11.2. The molecule has 0 fully saturated rings. The van der Waals surface area contributed by atoms with Crippen LogP contribution in [0.25, 0.3) is 0 Å². The molecule has 5 heteroatoms. The Labute approximate surface area is 111 Å². The van der Waals surface area contributed by atoms with Crippen LogP contribution < -0.4 is 0 Å². The third-order valence-corrected chi connectivity index (χ3v) is 3.73. The van der Waals surface area contributed by atoms with Gasteiger partial charge in [-0.05, 0) is 17.2 Å². The van der Waals surface area contributed by atoms with Crippen LogP contribution >= 0.6 is 31.9 Å². The Balaban J connectivity index is 3.22. The third-order valence-electron chi connectivity index (χ3n) is 2.14. The van der Waals surface area contributed by atoms with E-state index in [-0.39, 0.29) is 12.4 Å². The van der Waals surface area contributed by atoms with E-state index in [1.165, 1.54) is 7.11 Å². The number of halogens is 2. The standard InChI is InChI=1S/C11H9Br2NO2/c1-16-10(15)4-9-8(6-14)3-2-7(5-12)11(9)13/h2-3H,4-5H2,1H3. The molecule has 0 bridgehead atoms. The number of benzene rings is 1. The van der Waals surface area contributed by atoms with E-state index in [4.69, 9.17) is 5.26 Å². The number of alkyl halides is 1. The van der Waals surface area contributed by atoms with Gasteiger partial charge in [-0.25, -0.2) is 0 Å². The van der Waals surface area contributed by atoms with Crippen LogP contribution in [-0.4, -0.2) is 13.1 Å². The summed E-state index contributed by atoms with van der Waals surface area (Å²) in [7, 11) is 1.33. The zero-order valence-electron chi connectivity index (χ0n) is 8.59. The van der Waals surface area contributed by atoms with E-state index >= 15 is 0 Å². The predicted molar refractivity (Wildman–Crippen MR) is 67.2 cm³/mol. The van der Waals surface area contributed by atoms with Gasteiger partial charge in [0.25, 0.3) is 0 Å². The lowest BCUT2D eigenvalue weighted by Crippen LogP contribution is -2.07. The van der Waals surface area contributed by atoms with Crippen LogP contribution in [0.5, 0.6) is 0 Å². The molecule has 0 spiro atoms. The monoisotopic (exact) mass is 345 g/mol. The number of ether oxygens (including phenoxy) is 1. The van der Waals surface area contributed by atoms with Crippen molar-refractivity contribution >= 4 is 37.8 Å². The Hall–Kier alpha value is -0.860. The summed E-state index contributed by atoms with van der Waals surface area (Å²) in [5, 5.41) is 9.62. The summed E-state index contributed by atoms with van der Waals surface area (Å²) in [4.78, 5) is 11.2. The fourth-order valence-electron chi connectivity index (χ4n) is 1.27. The first-order valence-electron chi connectivity index (χ1n) is 4.47. The first-order valence-corrected chi connectivity index (χ1v) is 6.38. The van der Waals surface area contributed by atoms with Gasteiger partial charge in [-0.15, -0.1) is 0 Å². The Kier molecular flexibility index (Phi) is 4.97. The second-order valence-electron chi connectivity index (χ2n) is 3.06. The van der Waals surface area contributed by atoms with Crippen LogP contribution in [0.4, 0.5) is 0 Å². The van der Waals surface area contributed by atoms with Gasteiger partial charge in [0.05, 0.1) is 25.2 Å². The molecule has 0 radical (unpaired) electrons. The smallest absolute Gasteiger partial charge is 0.310 e. The highest BCUT2D eigenvalue weighted by Crippen LogP contribution is 2.27. The molecule has 0 aliphatic rings. The number of hydrogen-bond donors (Lipinski definition) is 0. The lowest BCUT2D eigenvalue weighted by atomic mass is 10.0. The van der Waals surface area contributed by atoms with Gasteiger partial charge in [0, 0.05) is 9.80 Å². The number of rotatable bonds is 3. The molecule has 0 saturated heterocycles. The molecular weight excluding hydrogens is 338 g/mol. The molecule has 1 aromatic rings. The number of nitrogens with zero attached hydrogens (tertiary/aromatic N) is 1. The van der Waals surface area contributed by atoms with Crippen molar-refractivity contribution in [3.63, 3.8) is 0 Å². The van der Waals surface area contributed by atoms with Gasteiger partial charge >= 0.3 is 5.97 Å². The van der Waals surface area contributed by atoms with Gasteiger partial charge in [0.15, 0.2) is 0 Å². The molecular formula is C11H9Br2NO2. The molecule has 1 aromatic carbocycles. The van der Waals surface area contributed by atoms with Gasteiger partial charge in [-0.2, -0.15) is 5.26 Å². The summed E-state index contributed by atoms with van der Waals surface area (Å²) in [5.41, 5.74) is 2.16. The van der Waals surface area contributed by atoms with Crippen molar-refractivity contribution in [2.75, 3.05) is 7.11 Å². The maximum Gasteiger partial charge on any atom is 0.310 e. The van der Waals surface area contributed by atoms with E-state index < -0.39 is 0 Å². The van der Waals surface area contributed by atoms with Crippen LogP contribution in [0.15, 0.2) is 16.6 Å². The minimum atomic E-state index is -0.357. The van der Waals surface area contributed by atoms with Crippen LogP contribution in [0.1, 0.15) is 16.7 Å². The molecule has 1 rings (SSSR count). The van der Waals surface area contributed by atoms with Gasteiger partial charge in [-0.3, -0.25) is 4.79 Å². The van der Waals surface area contributed by atoms with Crippen LogP contribution in [0, 0.1) is 11.3 Å². The molecule has 0 N–H and O–H groups in total.